The van der Waals surface area contributed by atoms with Crippen molar-refractivity contribution in [2.45, 2.75) is 58.3 Å². The van der Waals surface area contributed by atoms with E-state index in [9.17, 15) is 0 Å². The van der Waals surface area contributed by atoms with E-state index < -0.39 is 0 Å². The Bertz CT molecular complexity index is 568. The molecule has 0 amide bonds. The summed E-state index contributed by atoms with van der Waals surface area (Å²) in [5.74, 6) is 0.759. The van der Waals surface area contributed by atoms with Crippen molar-refractivity contribution in [2.24, 2.45) is 0 Å². The van der Waals surface area contributed by atoms with Crippen LogP contribution < -0.4 is 0 Å². The lowest BCUT2D eigenvalue weighted by molar-refractivity contribution is 0.00578. The van der Waals surface area contributed by atoms with Gasteiger partial charge in [-0.1, -0.05) is 6.08 Å². The minimum atomic E-state index is -0.320. The summed E-state index contributed by atoms with van der Waals surface area (Å²) in [5.41, 5.74) is 1.45. The highest BCUT2D eigenvalue weighted by Crippen LogP contribution is 2.40. The van der Waals surface area contributed by atoms with Crippen molar-refractivity contribution >= 4 is 7.12 Å². The Labute approximate surface area is 132 Å². The van der Waals surface area contributed by atoms with Crippen molar-refractivity contribution in [3.63, 3.8) is 0 Å². The van der Waals surface area contributed by atoms with Crippen molar-refractivity contribution in [3.05, 3.63) is 35.3 Å². The van der Waals surface area contributed by atoms with Crippen LogP contribution in [0.2, 0.25) is 0 Å². The van der Waals surface area contributed by atoms with Crippen molar-refractivity contribution in [3.8, 4) is 0 Å². The Balaban J connectivity index is 1.81. The predicted molar refractivity (Wildman–Crippen MR) is 84.2 cm³/mol. The smallest absolute Gasteiger partial charge is 0.400 e. The van der Waals surface area contributed by atoms with Gasteiger partial charge in [0.05, 0.1) is 17.8 Å². The van der Waals surface area contributed by atoms with Gasteiger partial charge in [0.1, 0.15) is 11.9 Å². The molecule has 0 aromatic carbocycles. The molecule has 118 valence electrons. The minimum Gasteiger partial charge on any atom is -0.400 e. The van der Waals surface area contributed by atoms with E-state index in [2.05, 4.69) is 43.7 Å². The molecule has 0 radical (unpaired) electrons. The number of ether oxygens (including phenoxy) is 1. The van der Waals surface area contributed by atoms with Crippen LogP contribution >= 0.6 is 0 Å². The number of aromatic nitrogens is 2. The summed E-state index contributed by atoms with van der Waals surface area (Å²) in [6.45, 7) is 10.8. The molecule has 1 fully saturated rings. The van der Waals surface area contributed by atoms with E-state index in [1.54, 1.807) is 0 Å². The third-order valence-corrected chi connectivity index (χ3v) is 4.74. The quantitative estimate of drug-likeness (QED) is 0.786. The first kappa shape index (κ1) is 15.7. The maximum atomic E-state index is 6.13. The lowest BCUT2D eigenvalue weighted by Gasteiger charge is -2.32. The fourth-order valence-electron chi connectivity index (χ4n) is 2.56. The van der Waals surface area contributed by atoms with Gasteiger partial charge in [-0.3, -0.25) is 0 Å². The molecule has 1 saturated heterocycles. The first-order chi connectivity index (χ1) is 10.3. The zero-order valence-corrected chi connectivity index (χ0v) is 13.9. The van der Waals surface area contributed by atoms with Crippen LogP contribution in [-0.2, 0) is 14.0 Å². The molecular weight excluding hydrogens is 279 g/mol. The van der Waals surface area contributed by atoms with Crippen LogP contribution in [-0.4, -0.2) is 34.9 Å². The van der Waals surface area contributed by atoms with Crippen LogP contribution in [0.3, 0.4) is 0 Å². The fraction of sp³-hybridized carbons (Fsp3) is 0.625. The molecule has 2 aliphatic heterocycles. The molecular formula is C16H23BN2O3. The number of aryl methyl sites for hydroxylation is 1. The van der Waals surface area contributed by atoms with Gasteiger partial charge in [0.2, 0.25) is 0 Å². The van der Waals surface area contributed by atoms with Gasteiger partial charge >= 0.3 is 7.12 Å². The Kier molecular flexibility index (Phi) is 3.87. The monoisotopic (exact) mass is 302 g/mol. The van der Waals surface area contributed by atoms with E-state index in [4.69, 9.17) is 14.0 Å². The number of nitrogens with zero attached hydrogens (tertiary/aromatic N) is 2. The van der Waals surface area contributed by atoms with Gasteiger partial charge in [-0.05, 0) is 46.5 Å². The summed E-state index contributed by atoms with van der Waals surface area (Å²) >= 11 is 0. The molecule has 2 aliphatic rings. The summed E-state index contributed by atoms with van der Waals surface area (Å²) in [7, 11) is -0.303. The summed E-state index contributed by atoms with van der Waals surface area (Å²) in [6, 6.07) is 0. The van der Waals surface area contributed by atoms with Crippen LogP contribution in [0.4, 0.5) is 0 Å². The third-order valence-electron chi connectivity index (χ3n) is 4.74. The van der Waals surface area contributed by atoms with Crippen LogP contribution in [0.25, 0.3) is 0 Å². The molecule has 1 atom stereocenters. The summed E-state index contributed by atoms with van der Waals surface area (Å²) in [6.07, 6.45) is 6.40. The van der Waals surface area contributed by atoms with E-state index in [-0.39, 0.29) is 24.4 Å². The van der Waals surface area contributed by atoms with Gasteiger partial charge in [-0.25, -0.2) is 9.97 Å². The zero-order chi connectivity index (χ0) is 16.0. The molecule has 0 N–H and O–H groups in total. The van der Waals surface area contributed by atoms with Crippen LogP contribution in [0.1, 0.15) is 51.6 Å². The van der Waals surface area contributed by atoms with E-state index >= 15 is 0 Å². The molecule has 1 aromatic heterocycles. The van der Waals surface area contributed by atoms with E-state index in [0.717, 1.165) is 23.3 Å². The Morgan fingerprint density at radius 3 is 2.27 bits per heavy atom. The largest absolute Gasteiger partial charge is 0.490 e. The predicted octanol–water partition coefficient (Wildman–Crippen LogP) is 2.80. The highest BCUT2D eigenvalue weighted by atomic mass is 16.7. The molecule has 0 bridgehead atoms. The molecule has 3 rings (SSSR count). The third kappa shape index (κ3) is 2.83. The number of hydrogen-bond donors (Lipinski definition) is 0. The zero-order valence-electron chi connectivity index (χ0n) is 13.9. The summed E-state index contributed by atoms with van der Waals surface area (Å²) in [4.78, 5) is 8.48. The lowest BCUT2D eigenvalue weighted by Crippen LogP contribution is -2.41. The van der Waals surface area contributed by atoms with Gasteiger partial charge in [-0.2, -0.15) is 0 Å². The lowest BCUT2D eigenvalue weighted by atomic mass is 9.74. The molecule has 1 aromatic rings. The fourth-order valence-corrected chi connectivity index (χ4v) is 2.56. The number of rotatable bonds is 2. The summed E-state index contributed by atoms with van der Waals surface area (Å²) in [5, 5.41) is 0. The second kappa shape index (κ2) is 5.44. The van der Waals surface area contributed by atoms with Crippen molar-refractivity contribution in [1.29, 1.82) is 0 Å². The van der Waals surface area contributed by atoms with Crippen molar-refractivity contribution in [2.75, 3.05) is 6.61 Å². The molecule has 0 aliphatic carbocycles. The molecule has 6 heteroatoms. The maximum absolute atomic E-state index is 6.13. The van der Waals surface area contributed by atoms with Gasteiger partial charge in [0.25, 0.3) is 0 Å². The van der Waals surface area contributed by atoms with Gasteiger partial charge in [0.15, 0.2) is 0 Å². The number of hydrogen-bond acceptors (Lipinski definition) is 5. The normalized spacial score (nSPS) is 26.9. The second-order valence-corrected chi connectivity index (χ2v) is 6.93. The molecule has 3 heterocycles. The maximum Gasteiger partial charge on any atom is 0.490 e. The Morgan fingerprint density at radius 2 is 1.68 bits per heavy atom. The highest BCUT2D eigenvalue weighted by Gasteiger charge is 2.52. The van der Waals surface area contributed by atoms with E-state index in [1.807, 2.05) is 19.3 Å². The average Bonchev–Trinajstić information content (AvgIpc) is 2.68. The molecule has 5 nitrogen and oxygen atoms in total. The average molecular weight is 302 g/mol. The highest BCUT2D eigenvalue weighted by molar-refractivity contribution is 6.54. The standard InChI is InChI=1S/C16H23BN2O3/c1-11-18-9-12(10-19-11)14-8-13(6-7-20-14)17-21-15(2,3)16(4,5)22-17/h8-10,14H,6-7H2,1-5H3. The minimum absolute atomic E-state index is 0.136. The second-order valence-electron chi connectivity index (χ2n) is 6.93. The molecule has 1 unspecified atom stereocenters. The van der Waals surface area contributed by atoms with Crippen molar-refractivity contribution in [1.82, 2.24) is 9.97 Å². The van der Waals surface area contributed by atoms with Crippen molar-refractivity contribution < 1.29 is 14.0 Å². The molecule has 0 saturated carbocycles. The Hall–Kier alpha value is -1.24. The molecule has 22 heavy (non-hydrogen) atoms. The SMILES string of the molecule is Cc1ncc(C2C=C(B3OC(C)(C)C(C)(C)O3)CCO2)cn1. The van der Waals surface area contributed by atoms with Crippen LogP contribution in [0.15, 0.2) is 23.9 Å². The Morgan fingerprint density at radius 1 is 1.09 bits per heavy atom. The first-order valence-corrected chi connectivity index (χ1v) is 7.75. The summed E-state index contributed by atoms with van der Waals surface area (Å²) < 4.78 is 18.1. The van der Waals surface area contributed by atoms with Crippen LogP contribution in [0.5, 0.6) is 0 Å². The van der Waals surface area contributed by atoms with E-state index in [0.29, 0.717) is 6.61 Å². The van der Waals surface area contributed by atoms with Crippen LogP contribution in [0, 0.1) is 6.92 Å². The van der Waals surface area contributed by atoms with Gasteiger partial charge in [0, 0.05) is 18.0 Å². The first-order valence-electron chi connectivity index (χ1n) is 7.75. The van der Waals surface area contributed by atoms with Gasteiger partial charge < -0.3 is 14.0 Å². The van der Waals surface area contributed by atoms with E-state index in [1.165, 1.54) is 0 Å². The molecule has 0 spiro atoms. The topological polar surface area (TPSA) is 53.5 Å². The van der Waals surface area contributed by atoms with Gasteiger partial charge in [-0.15, -0.1) is 0 Å².